The molecule has 1 saturated heterocycles. The molecule has 0 amide bonds. The van der Waals surface area contributed by atoms with Gasteiger partial charge in [0.2, 0.25) is 0 Å². The molecule has 2 aliphatic carbocycles. The lowest BCUT2D eigenvalue weighted by molar-refractivity contribution is 0.0516. The molecular weight excluding hydrogens is 162 g/mol. The van der Waals surface area contributed by atoms with Gasteiger partial charge in [-0.1, -0.05) is 12.2 Å². The lowest BCUT2D eigenvalue weighted by Gasteiger charge is -2.32. The van der Waals surface area contributed by atoms with E-state index in [1.54, 1.807) is 0 Å². The number of hydrogen-bond acceptors (Lipinski definition) is 2. The zero-order valence-electron chi connectivity index (χ0n) is 7.91. The largest absolute Gasteiger partial charge is 0.379 e. The molecule has 2 bridgehead atoms. The quantitative estimate of drug-likeness (QED) is 0.610. The fourth-order valence-corrected chi connectivity index (χ4v) is 3.15. The van der Waals surface area contributed by atoms with Gasteiger partial charge < -0.3 is 10.1 Å². The van der Waals surface area contributed by atoms with E-state index in [2.05, 4.69) is 17.5 Å². The van der Waals surface area contributed by atoms with Crippen LogP contribution in [0.25, 0.3) is 0 Å². The van der Waals surface area contributed by atoms with Gasteiger partial charge in [0.05, 0.1) is 13.2 Å². The topological polar surface area (TPSA) is 21.3 Å². The van der Waals surface area contributed by atoms with Crippen LogP contribution in [0.2, 0.25) is 0 Å². The molecule has 3 rings (SSSR count). The highest BCUT2D eigenvalue weighted by atomic mass is 16.5. The maximum absolute atomic E-state index is 5.52. The maximum atomic E-state index is 5.52. The molecule has 0 aromatic rings. The van der Waals surface area contributed by atoms with E-state index < -0.39 is 0 Å². The average molecular weight is 179 g/mol. The highest BCUT2D eigenvalue weighted by molar-refractivity contribution is 5.12. The van der Waals surface area contributed by atoms with Crippen LogP contribution in [0.4, 0.5) is 0 Å². The Morgan fingerprint density at radius 3 is 2.85 bits per heavy atom. The Morgan fingerprint density at radius 2 is 2.23 bits per heavy atom. The lowest BCUT2D eigenvalue weighted by Crippen LogP contribution is -2.47. The van der Waals surface area contributed by atoms with Gasteiger partial charge in [0, 0.05) is 12.6 Å². The molecule has 1 saturated carbocycles. The van der Waals surface area contributed by atoms with Crippen molar-refractivity contribution in [2.75, 3.05) is 19.8 Å². The molecule has 4 atom stereocenters. The maximum Gasteiger partial charge on any atom is 0.0623 e. The normalized spacial score (nSPS) is 48.6. The molecule has 1 aliphatic heterocycles. The van der Waals surface area contributed by atoms with Crippen molar-refractivity contribution in [1.29, 1.82) is 0 Å². The van der Waals surface area contributed by atoms with Crippen molar-refractivity contribution in [3.05, 3.63) is 12.2 Å². The molecule has 1 heterocycles. The smallest absolute Gasteiger partial charge is 0.0623 e. The first-order valence-electron chi connectivity index (χ1n) is 5.43. The number of ether oxygens (including phenoxy) is 1. The van der Waals surface area contributed by atoms with Crippen molar-refractivity contribution in [1.82, 2.24) is 5.32 Å². The van der Waals surface area contributed by atoms with E-state index in [4.69, 9.17) is 4.74 Å². The summed E-state index contributed by atoms with van der Waals surface area (Å²) in [6, 6.07) is 0.633. The van der Waals surface area contributed by atoms with Gasteiger partial charge in [-0.3, -0.25) is 0 Å². The minimum Gasteiger partial charge on any atom is -0.379 e. The predicted molar refractivity (Wildman–Crippen MR) is 51.5 cm³/mol. The summed E-state index contributed by atoms with van der Waals surface area (Å²) in [5.74, 6) is 2.60. The van der Waals surface area contributed by atoms with Crippen LogP contribution in [0.1, 0.15) is 12.8 Å². The van der Waals surface area contributed by atoms with Crippen molar-refractivity contribution in [2.45, 2.75) is 18.9 Å². The first kappa shape index (κ1) is 8.01. The van der Waals surface area contributed by atoms with Gasteiger partial charge in [-0.2, -0.15) is 0 Å². The Bertz CT molecular complexity index is 220. The third-order valence-electron chi connectivity index (χ3n) is 3.80. The van der Waals surface area contributed by atoms with Crippen molar-refractivity contribution in [3.8, 4) is 0 Å². The Balaban J connectivity index is 1.68. The molecule has 3 aliphatic rings. The van der Waals surface area contributed by atoms with E-state index in [1.807, 2.05) is 0 Å². The summed E-state index contributed by atoms with van der Waals surface area (Å²) in [6.07, 6.45) is 7.63. The molecule has 0 radical (unpaired) electrons. The van der Waals surface area contributed by atoms with Gasteiger partial charge in [0.15, 0.2) is 0 Å². The third-order valence-corrected chi connectivity index (χ3v) is 3.80. The van der Waals surface area contributed by atoms with Gasteiger partial charge in [-0.15, -0.1) is 0 Å². The number of nitrogens with one attached hydrogen (secondary N) is 1. The SMILES string of the molecule is C1=C[C@H]2C[C@H]1C[C@H]2[C@H]1COCCN1. The summed E-state index contributed by atoms with van der Waals surface area (Å²) < 4.78 is 5.52. The number of fused-ring (bicyclic) bond motifs is 2. The highest BCUT2D eigenvalue weighted by Crippen LogP contribution is 2.45. The predicted octanol–water partition coefficient (Wildman–Crippen LogP) is 1.19. The first-order chi connectivity index (χ1) is 6.43. The van der Waals surface area contributed by atoms with Crippen molar-refractivity contribution < 1.29 is 4.74 Å². The van der Waals surface area contributed by atoms with Crippen LogP contribution >= 0.6 is 0 Å². The van der Waals surface area contributed by atoms with E-state index >= 15 is 0 Å². The van der Waals surface area contributed by atoms with E-state index in [-0.39, 0.29) is 0 Å². The van der Waals surface area contributed by atoms with Gasteiger partial charge >= 0.3 is 0 Å². The summed E-state index contributed by atoms with van der Waals surface area (Å²) >= 11 is 0. The number of allylic oxidation sites excluding steroid dienone is 2. The molecule has 1 N–H and O–H groups in total. The molecule has 0 spiro atoms. The molecule has 72 valence electrons. The van der Waals surface area contributed by atoms with Crippen molar-refractivity contribution >= 4 is 0 Å². The fourth-order valence-electron chi connectivity index (χ4n) is 3.15. The summed E-state index contributed by atoms with van der Waals surface area (Å²) in [5.41, 5.74) is 0. The Labute approximate surface area is 79.3 Å². The van der Waals surface area contributed by atoms with E-state index in [0.29, 0.717) is 6.04 Å². The Kier molecular flexibility index (Phi) is 1.91. The Hall–Kier alpha value is -0.340. The average Bonchev–Trinajstić information content (AvgIpc) is 2.80. The molecule has 0 aromatic carbocycles. The molecule has 2 nitrogen and oxygen atoms in total. The van der Waals surface area contributed by atoms with Gasteiger partial charge in [0.25, 0.3) is 0 Å². The zero-order valence-corrected chi connectivity index (χ0v) is 7.91. The minimum atomic E-state index is 0.633. The van der Waals surface area contributed by atoms with Crippen LogP contribution in [0.3, 0.4) is 0 Å². The summed E-state index contributed by atoms with van der Waals surface area (Å²) in [4.78, 5) is 0. The third kappa shape index (κ3) is 1.32. The van der Waals surface area contributed by atoms with Gasteiger partial charge in [0.1, 0.15) is 0 Å². The monoisotopic (exact) mass is 179 g/mol. The van der Waals surface area contributed by atoms with Crippen LogP contribution in [0, 0.1) is 17.8 Å². The van der Waals surface area contributed by atoms with E-state index in [0.717, 1.165) is 37.5 Å². The van der Waals surface area contributed by atoms with Crippen LogP contribution in [-0.4, -0.2) is 25.8 Å². The zero-order chi connectivity index (χ0) is 8.67. The van der Waals surface area contributed by atoms with Crippen molar-refractivity contribution in [3.63, 3.8) is 0 Å². The second-order valence-corrected chi connectivity index (χ2v) is 4.58. The second kappa shape index (κ2) is 3.10. The van der Waals surface area contributed by atoms with E-state index in [9.17, 15) is 0 Å². The Morgan fingerprint density at radius 1 is 1.23 bits per heavy atom. The summed E-state index contributed by atoms with van der Waals surface area (Å²) in [5, 5.41) is 3.59. The summed E-state index contributed by atoms with van der Waals surface area (Å²) in [7, 11) is 0. The fraction of sp³-hybridized carbons (Fsp3) is 0.818. The number of rotatable bonds is 1. The van der Waals surface area contributed by atoms with Crippen LogP contribution < -0.4 is 5.32 Å². The van der Waals surface area contributed by atoms with Crippen LogP contribution in [-0.2, 0) is 4.74 Å². The number of hydrogen-bond donors (Lipinski definition) is 1. The molecule has 0 aromatic heterocycles. The molecule has 0 unspecified atom stereocenters. The van der Waals surface area contributed by atoms with Crippen LogP contribution in [0.15, 0.2) is 12.2 Å². The van der Waals surface area contributed by atoms with Crippen molar-refractivity contribution in [2.24, 2.45) is 17.8 Å². The lowest BCUT2D eigenvalue weighted by atomic mass is 9.87. The van der Waals surface area contributed by atoms with E-state index in [1.165, 1.54) is 12.8 Å². The van der Waals surface area contributed by atoms with Gasteiger partial charge in [-0.05, 0) is 30.6 Å². The summed E-state index contributed by atoms with van der Waals surface area (Å²) in [6.45, 7) is 2.87. The minimum absolute atomic E-state index is 0.633. The van der Waals surface area contributed by atoms with Crippen LogP contribution in [0.5, 0.6) is 0 Å². The molecular formula is C11H17NO. The molecule has 2 heteroatoms. The number of morpholine rings is 1. The van der Waals surface area contributed by atoms with Gasteiger partial charge in [-0.25, -0.2) is 0 Å². The second-order valence-electron chi connectivity index (χ2n) is 4.58. The standard InChI is InChI=1S/C11H17NO/c1-2-9-5-8(1)6-10(9)11-7-13-4-3-12-11/h1-2,8-12H,3-7H2/t8-,9-,10+,11+/m0/s1. The molecule has 2 fully saturated rings. The first-order valence-corrected chi connectivity index (χ1v) is 5.43. The highest BCUT2D eigenvalue weighted by Gasteiger charge is 2.40. The molecule has 13 heavy (non-hydrogen) atoms.